The first-order chi connectivity index (χ1) is 18.4. The summed E-state index contributed by atoms with van der Waals surface area (Å²) in [7, 11) is 0. The molecular weight excluding hydrogens is 476 g/mol. The molecule has 0 aliphatic heterocycles. The number of para-hydroxylation sites is 2. The van der Waals surface area contributed by atoms with Crippen molar-refractivity contribution in [1.82, 2.24) is 0 Å². The number of hydrogen-bond donors (Lipinski definition) is 3. The maximum Gasteiger partial charge on any atom is 0.259 e. The second-order valence-corrected chi connectivity index (χ2v) is 9.23. The minimum Gasteiger partial charge on any atom is -0.505 e. The van der Waals surface area contributed by atoms with Gasteiger partial charge in [-0.05, 0) is 61.0 Å². The van der Waals surface area contributed by atoms with E-state index >= 15 is 0 Å². The molecule has 196 valence electrons. The summed E-state index contributed by atoms with van der Waals surface area (Å²) in [6.07, 6.45) is 2.73. The Morgan fingerprint density at radius 1 is 0.974 bits per heavy atom. The SMILES string of the molecule is CCCC(N)(CC)c1ccc(N=Nc2c(O)c(C(=O)Nc3ccccc3OCC)cc3ccccc23)cc1. The van der Waals surface area contributed by atoms with Crippen LogP contribution in [0.2, 0.25) is 0 Å². The summed E-state index contributed by atoms with van der Waals surface area (Å²) in [4.78, 5) is 13.3. The predicted octanol–water partition coefficient (Wildman–Crippen LogP) is 7.98. The molecule has 0 bridgehead atoms. The van der Waals surface area contributed by atoms with Gasteiger partial charge in [0.2, 0.25) is 0 Å². The summed E-state index contributed by atoms with van der Waals surface area (Å²) in [6.45, 7) is 6.56. The van der Waals surface area contributed by atoms with Crippen LogP contribution in [0.3, 0.4) is 0 Å². The van der Waals surface area contributed by atoms with Crippen molar-refractivity contribution in [1.29, 1.82) is 0 Å². The first-order valence-electron chi connectivity index (χ1n) is 13.0. The molecule has 4 rings (SSSR count). The fourth-order valence-corrected chi connectivity index (χ4v) is 4.57. The lowest BCUT2D eigenvalue weighted by Gasteiger charge is -2.28. The van der Waals surface area contributed by atoms with Crippen LogP contribution < -0.4 is 15.8 Å². The zero-order chi connectivity index (χ0) is 27.1. The van der Waals surface area contributed by atoms with Crippen LogP contribution in [0.1, 0.15) is 56.0 Å². The van der Waals surface area contributed by atoms with Gasteiger partial charge in [0.1, 0.15) is 11.4 Å². The van der Waals surface area contributed by atoms with Gasteiger partial charge in [-0.3, -0.25) is 4.79 Å². The second-order valence-electron chi connectivity index (χ2n) is 9.23. The van der Waals surface area contributed by atoms with Crippen LogP contribution in [-0.4, -0.2) is 17.6 Å². The van der Waals surface area contributed by atoms with Crippen LogP contribution in [0, 0.1) is 0 Å². The zero-order valence-corrected chi connectivity index (χ0v) is 22.1. The van der Waals surface area contributed by atoms with Crippen molar-refractivity contribution in [3.63, 3.8) is 0 Å². The van der Waals surface area contributed by atoms with Crippen LogP contribution in [0.5, 0.6) is 11.5 Å². The largest absolute Gasteiger partial charge is 0.505 e. The van der Waals surface area contributed by atoms with E-state index in [1.807, 2.05) is 61.5 Å². The number of ether oxygens (including phenoxy) is 1. The standard InChI is InChI=1S/C31H34N4O3/c1-4-19-31(32,5-2)22-15-17-23(18-16-22)34-35-28-24-12-8-7-11-21(24)20-25(29(28)36)30(37)33-26-13-9-10-14-27(26)38-6-3/h7-18,20,36H,4-6,19,32H2,1-3H3,(H,33,37). The minimum absolute atomic E-state index is 0.0923. The van der Waals surface area contributed by atoms with E-state index < -0.39 is 5.91 Å². The molecule has 0 saturated heterocycles. The zero-order valence-electron chi connectivity index (χ0n) is 22.1. The van der Waals surface area contributed by atoms with Gasteiger partial charge in [0.15, 0.2) is 5.75 Å². The molecule has 0 spiro atoms. The molecule has 4 aromatic carbocycles. The van der Waals surface area contributed by atoms with Gasteiger partial charge in [-0.1, -0.05) is 68.8 Å². The molecule has 0 saturated carbocycles. The maximum absolute atomic E-state index is 13.3. The van der Waals surface area contributed by atoms with Crippen LogP contribution in [0.15, 0.2) is 89.1 Å². The Morgan fingerprint density at radius 3 is 2.39 bits per heavy atom. The third kappa shape index (κ3) is 5.68. The monoisotopic (exact) mass is 510 g/mol. The summed E-state index contributed by atoms with van der Waals surface area (Å²) in [5.74, 6) is -0.170. The molecule has 0 aliphatic carbocycles. The summed E-state index contributed by atoms with van der Waals surface area (Å²) in [5.41, 5.74) is 8.75. The van der Waals surface area contributed by atoms with Gasteiger partial charge in [-0.2, -0.15) is 5.11 Å². The number of hydrogen-bond acceptors (Lipinski definition) is 6. The molecule has 1 amide bonds. The molecule has 4 aromatic rings. The third-order valence-corrected chi connectivity index (χ3v) is 6.71. The van der Waals surface area contributed by atoms with E-state index in [1.54, 1.807) is 24.3 Å². The van der Waals surface area contributed by atoms with Crippen molar-refractivity contribution in [2.45, 2.75) is 45.6 Å². The Hall–Kier alpha value is -4.23. The summed E-state index contributed by atoms with van der Waals surface area (Å²) in [5, 5.41) is 24.2. The number of rotatable bonds is 10. The molecule has 0 radical (unpaired) electrons. The number of phenols is 1. The number of nitrogens with zero attached hydrogens (tertiary/aromatic N) is 2. The Bertz CT molecular complexity index is 1450. The van der Waals surface area contributed by atoms with Crippen molar-refractivity contribution in [3.8, 4) is 11.5 Å². The highest BCUT2D eigenvalue weighted by atomic mass is 16.5. The normalized spacial score (nSPS) is 12.9. The lowest BCUT2D eigenvalue weighted by molar-refractivity contribution is 0.102. The number of anilines is 1. The molecule has 1 atom stereocenters. The molecule has 0 aliphatic rings. The topological polar surface area (TPSA) is 109 Å². The fourth-order valence-electron chi connectivity index (χ4n) is 4.57. The quantitative estimate of drug-likeness (QED) is 0.188. The number of aromatic hydroxyl groups is 1. The van der Waals surface area contributed by atoms with E-state index in [0.717, 1.165) is 30.2 Å². The van der Waals surface area contributed by atoms with Gasteiger partial charge >= 0.3 is 0 Å². The van der Waals surface area contributed by atoms with Crippen molar-refractivity contribution >= 4 is 33.7 Å². The summed E-state index contributed by atoms with van der Waals surface area (Å²) in [6, 6.07) is 23.9. The van der Waals surface area contributed by atoms with Crippen LogP contribution in [0.25, 0.3) is 10.8 Å². The van der Waals surface area contributed by atoms with Crippen molar-refractivity contribution in [2.24, 2.45) is 16.0 Å². The van der Waals surface area contributed by atoms with Gasteiger partial charge < -0.3 is 20.9 Å². The van der Waals surface area contributed by atoms with Crippen LogP contribution in [0.4, 0.5) is 17.1 Å². The molecule has 1 unspecified atom stereocenters. The van der Waals surface area contributed by atoms with Crippen molar-refractivity contribution in [3.05, 3.63) is 90.0 Å². The molecular formula is C31H34N4O3. The Balaban J connectivity index is 1.68. The Kier molecular flexibility index (Phi) is 8.38. The number of azo groups is 1. The first-order valence-corrected chi connectivity index (χ1v) is 13.0. The Morgan fingerprint density at radius 2 is 1.68 bits per heavy atom. The van der Waals surface area contributed by atoms with Crippen molar-refractivity contribution < 1.29 is 14.6 Å². The number of nitrogens with two attached hydrogens (primary N) is 1. The maximum atomic E-state index is 13.3. The van der Waals surface area contributed by atoms with Crippen LogP contribution in [-0.2, 0) is 5.54 Å². The van der Waals surface area contributed by atoms with E-state index in [9.17, 15) is 9.90 Å². The van der Waals surface area contributed by atoms with E-state index in [2.05, 4.69) is 29.4 Å². The van der Waals surface area contributed by atoms with E-state index in [1.165, 1.54) is 0 Å². The number of carbonyl (C=O) groups excluding carboxylic acids is 1. The third-order valence-electron chi connectivity index (χ3n) is 6.71. The number of phenolic OH excluding ortho intramolecular Hbond substituents is 1. The van der Waals surface area contributed by atoms with E-state index in [0.29, 0.717) is 29.1 Å². The number of carbonyl (C=O) groups is 1. The molecule has 0 aromatic heterocycles. The lowest BCUT2D eigenvalue weighted by Crippen LogP contribution is -2.35. The highest BCUT2D eigenvalue weighted by molar-refractivity contribution is 6.12. The average Bonchev–Trinajstić information content (AvgIpc) is 2.93. The van der Waals surface area contributed by atoms with Gasteiger partial charge in [-0.25, -0.2) is 0 Å². The predicted molar refractivity (Wildman–Crippen MR) is 153 cm³/mol. The summed E-state index contributed by atoms with van der Waals surface area (Å²) < 4.78 is 5.62. The number of benzene rings is 4. The number of amides is 1. The van der Waals surface area contributed by atoms with Crippen molar-refractivity contribution in [2.75, 3.05) is 11.9 Å². The summed E-state index contributed by atoms with van der Waals surface area (Å²) >= 11 is 0. The average molecular weight is 511 g/mol. The van der Waals surface area contributed by atoms with E-state index in [4.69, 9.17) is 10.5 Å². The van der Waals surface area contributed by atoms with E-state index in [-0.39, 0.29) is 22.5 Å². The first kappa shape index (κ1) is 26.8. The van der Waals surface area contributed by atoms with Gasteiger partial charge in [0.25, 0.3) is 5.91 Å². The molecule has 38 heavy (non-hydrogen) atoms. The second kappa shape index (κ2) is 11.9. The number of fused-ring (bicyclic) bond motifs is 1. The smallest absolute Gasteiger partial charge is 0.259 e. The fraction of sp³-hybridized carbons (Fsp3) is 0.258. The molecule has 7 nitrogen and oxygen atoms in total. The van der Waals surface area contributed by atoms with Crippen LogP contribution >= 0.6 is 0 Å². The highest BCUT2D eigenvalue weighted by Crippen LogP contribution is 2.40. The van der Waals surface area contributed by atoms with Gasteiger partial charge in [0, 0.05) is 10.9 Å². The van der Waals surface area contributed by atoms with Gasteiger partial charge in [0.05, 0.1) is 23.5 Å². The Labute approximate surface area is 223 Å². The molecule has 4 N–H and O–H groups in total. The van der Waals surface area contributed by atoms with Gasteiger partial charge in [-0.15, -0.1) is 5.11 Å². The molecule has 0 heterocycles. The minimum atomic E-state index is -0.476. The lowest BCUT2D eigenvalue weighted by atomic mass is 9.84. The highest BCUT2D eigenvalue weighted by Gasteiger charge is 2.24. The number of nitrogens with one attached hydrogen (secondary N) is 1. The molecule has 7 heteroatoms. The molecule has 0 fully saturated rings.